The fraction of sp³-hybridized carbons (Fsp3) is 0.308. The molecule has 0 aliphatic carbocycles. The maximum absolute atomic E-state index is 13.1. The number of imidazole rings is 1. The molecule has 17 heavy (non-hydrogen) atoms. The normalized spacial score (nSPS) is 10.5. The summed E-state index contributed by atoms with van der Waals surface area (Å²) in [6, 6.07) is 4.76. The molecule has 0 saturated carbocycles. The summed E-state index contributed by atoms with van der Waals surface area (Å²) in [6.45, 7) is 4.86. The quantitative estimate of drug-likeness (QED) is 0.879. The zero-order valence-electron chi connectivity index (χ0n) is 10.1. The number of nitrogens with one attached hydrogen (secondary N) is 1. The molecule has 4 heteroatoms. The summed E-state index contributed by atoms with van der Waals surface area (Å²) in [7, 11) is 0. The van der Waals surface area contributed by atoms with E-state index in [9.17, 15) is 4.39 Å². The Kier molecular flexibility index (Phi) is 3.42. The van der Waals surface area contributed by atoms with Crippen molar-refractivity contribution in [1.82, 2.24) is 9.55 Å². The van der Waals surface area contributed by atoms with Gasteiger partial charge in [0.15, 0.2) is 0 Å². The Balaban J connectivity index is 2.35. The first kappa shape index (κ1) is 11.6. The van der Waals surface area contributed by atoms with E-state index in [4.69, 9.17) is 0 Å². The summed E-state index contributed by atoms with van der Waals surface area (Å²) in [5, 5.41) is 3.24. The Morgan fingerprint density at radius 1 is 1.41 bits per heavy atom. The van der Waals surface area contributed by atoms with Crippen molar-refractivity contribution in [2.45, 2.75) is 20.3 Å². The molecule has 2 rings (SSSR count). The van der Waals surface area contributed by atoms with Gasteiger partial charge in [0.2, 0.25) is 5.95 Å². The number of benzene rings is 1. The van der Waals surface area contributed by atoms with Crippen molar-refractivity contribution in [1.29, 1.82) is 0 Å². The van der Waals surface area contributed by atoms with Crippen LogP contribution in [0.15, 0.2) is 30.6 Å². The molecule has 0 fully saturated rings. The molecule has 90 valence electrons. The van der Waals surface area contributed by atoms with E-state index in [1.165, 1.54) is 12.1 Å². The van der Waals surface area contributed by atoms with Crippen molar-refractivity contribution >= 4 is 5.95 Å². The number of anilines is 1. The monoisotopic (exact) mass is 233 g/mol. The van der Waals surface area contributed by atoms with Gasteiger partial charge in [-0.05, 0) is 37.1 Å². The summed E-state index contributed by atoms with van der Waals surface area (Å²) in [4.78, 5) is 4.25. The minimum absolute atomic E-state index is 0.213. The van der Waals surface area contributed by atoms with E-state index in [-0.39, 0.29) is 5.82 Å². The number of rotatable bonds is 4. The molecule has 0 aliphatic rings. The SMILES string of the molecule is CCCNc1nccn1-c1ccc(F)cc1C. The van der Waals surface area contributed by atoms with Crippen LogP contribution >= 0.6 is 0 Å². The van der Waals surface area contributed by atoms with E-state index in [1.54, 1.807) is 12.3 Å². The fourth-order valence-corrected chi connectivity index (χ4v) is 1.75. The van der Waals surface area contributed by atoms with Gasteiger partial charge in [-0.1, -0.05) is 6.92 Å². The lowest BCUT2D eigenvalue weighted by Crippen LogP contribution is -2.07. The van der Waals surface area contributed by atoms with E-state index < -0.39 is 0 Å². The van der Waals surface area contributed by atoms with Gasteiger partial charge in [0.25, 0.3) is 0 Å². The van der Waals surface area contributed by atoms with Gasteiger partial charge in [-0.25, -0.2) is 9.37 Å². The predicted molar refractivity (Wildman–Crippen MR) is 67.0 cm³/mol. The summed E-state index contributed by atoms with van der Waals surface area (Å²) < 4.78 is 15.0. The highest BCUT2D eigenvalue weighted by atomic mass is 19.1. The molecule has 0 bridgehead atoms. The molecule has 1 aromatic carbocycles. The van der Waals surface area contributed by atoms with Crippen molar-refractivity contribution in [2.75, 3.05) is 11.9 Å². The molecule has 1 N–H and O–H groups in total. The zero-order chi connectivity index (χ0) is 12.3. The van der Waals surface area contributed by atoms with Crippen LogP contribution in [-0.2, 0) is 0 Å². The first-order valence-electron chi connectivity index (χ1n) is 5.76. The molecular formula is C13H16FN3. The van der Waals surface area contributed by atoms with E-state index in [0.717, 1.165) is 30.2 Å². The maximum Gasteiger partial charge on any atom is 0.207 e. The fourth-order valence-electron chi connectivity index (χ4n) is 1.75. The minimum Gasteiger partial charge on any atom is -0.355 e. The first-order chi connectivity index (χ1) is 8.22. The second kappa shape index (κ2) is 4.99. The van der Waals surface area contributed by atoms with Crippen LogP contribution in [0, 0.1) is 12.7 Å². The average Bonchev–Trinajstić information content (AvgIpc) is 2.74. The number of halogens is 1. The van der Waals surface area contributed by atoms with Crippen molar-refractivity contribution in [3.8, 4) is 5.69 Å². The molecule has 0 saturated heterocycles. The van der Waals surface area contributed by atoms with E-state index in [0.29, 0.717) is 0 Å². The summed E-state index contributed by atoms with van der Waals surface area (Å²) in [5.41, 5.74) is 1.84. The van der Waals surface area contributed by atoms with Crippen LogP contribution < -0.4 is 5.32 Å². The zero-order valence-corrected chi connectivity index (χ0v) is 10.1. The molecule has 1 aromatic heterocycles. The Labute approximate surface area is 100 Å². The standard InChI is InChI=1S/C13H16FN3/c1-3-6-15-13-16-7-8-17(13)12-5-4-11(14)9-10(12)2/h4-5,7-9H,3,6H2,1-2H3,(H,15,16). The van der Waals surface area contributed by atoms with Gasteiger partial charge < -0.3 is 5.32 Å². The molecule has 0 unspecified atom stereocenters. The molecule has 1 heterocycles. The highest BCUT2D eigenvalue weighted by molar-refractivity contribution is 5.46. The lowest BCUT2D eigenvalue weighted by molar-refractivity contribution is 0.626. The highest BCUT2D eigenvalue weighted by Gasteiger charge is 2.07. The lowest BCUT2D eigenvalue weighted by atomic mass is 10.2. The second-order valence-corrected chi connectivity index (χ2v) is 3.98. The molecule has 0 aliphatic heterocycles. The van der Waals surface area contributed by atoms with Crippen LogP contribution in [0.1, 0.15) is 18.9 Å². The number of hydrogen-bond donors (Lipinski definition) is 1. The largest absolute Gasteiger partial charge is 0.355 e. The smallest absolute Gasteiger partial charge is 0.207 e. The number of aromatic nitrogens is 2. The molecule has 0 amide bonds. The Morgan fingerprint density at radius 2 is 2.24 bits per heavy atom. The Hall–Kier alpha value is -1.84. The lowest BCUT2D eigenvalue weighted by Gasteiger charge is -2.11. The second-order valence-electron chi connectivity index (χ2n) is 3.98. The van der Waals surface area contributed by atoms with E-state index >= 15 is 0 Å². The molecule has 2 aromatic rings. The van der Waals surface area contributed by atoms with Gasteiger partial charge in [-0.2, -0.15) is 0 Å². The van der Waals surface area contributed by atoms with Crippen molar-refractivity contribution in [2.24, 2.45) is 0 Å². The maximum atomic E-state index is 13.1. The van der Waals surface area contributed by atoms with E-state index in [2.05, 4.69) is 17.2 Å². The highest BCUT2D eigenvalue weighted by Crippen LogP contribution is 2.19. The van der Waals surface area contributed by atoms with Crippen molar-refractivity contribution < 1.29 is 4.39 Å². The van der Waals surface area contributed by atoms with Gasteiger partial charge in [0.1, 0.15) is 5.82 Å². The van der Waals surface area contributed by atoms with Crippen molar-refractivity contribution in [3.63, 3.8) is 0 Å². The number of aryl methyl sites for hydroxylation is 1. The molecule has 3 nitrogen and oxygen atoms in total. The predicted octanol–water partition coefficient (Wildman–Crippen LogP) is 3.14. The molecule has 0 atom stereocenters. The topological polar surface area (TPSA) is 29.9 Å². The third kappa shape index (κ3) is 2.46. The van der Waals surface area contributed by atoms with Gasteiger partial charge >= 0.3 is 0 Å². The summed E-state index contributed by atoms with van der Waals surface area (Å²) in [5.74, 6) is 0.580. The summed E-state index contributed by atoms with van der Waals surface area (Å²) >= 11 is 0. The first-order valence-corrected chi connectivity index (χ1v) is 5.76. The average molecular weight is 233 g/mol. The minimum atomic E-state index is -0.213. The van der Waals surface area contributed by atoms with Gasteiger partial charge in [-0.15, -0.1) is 0 Å². The molecule has 0 radical (unpaired) electrons. The Morgan fingerprint density at radius 3 is 2.94 bits per heavy atom. The number of nitrogens with zero attached hydrogens (tertiary/aromatic N) is 2. The van der Waals surface area contributed by atoms with Crippen LogP contribution in [0.2, 0.25) is 0 Å². The van der Waals surface area contributed by atoms with Crippen LogP contribution in [0.3, 0.4) is 0 Å². The van der Waals surface area contributed by atoms with Gasteiger partial charge in [-0.3, -0.25) is 4.57 Å². The third-order valence-corrected chi connectivity index (χ3v) is 2.59. The van der Waals surface area contributed by atoms with Crippen LogP contribution in [-0.4, -0.2) is 16.1 Å². The third-order valence-electron chi connectivity index (χ3n) is 2.59. The van der Waals surface area contributed by atoms with Crippen molar-refractivity contribution in [3.05, 3.63) is 42.0 Å². The van der Waals surface area contributed by atoms with Gasteiger partial charge in [0.05, 0.1) is 5.69 Å². The summed E-state index contributed by atoms with van der Waals surface area (Å²) in [6.07, 6.45) is 4.65. The van der Waals surface area contributed by atoms with Crippen LogP contribution in [0.5, 0.6) is 0 Å². The molecule has 0 spiro atoms. The van der Waals surface area contributed by atoms with E-state index in [1.807, 2.05) is 17.7 Å². The van der Waals surface area contributed by atoms with Crippen LogP contribution in [0.4, 0.5) is 10.3 Å². The van der Waals surface area contributed by atoms with Gasteiger partial charge in [0, 0.05) is 18.9 Å². The van der Waals surface area contributed by atoms with Crippen LogP contribution in [0.25, 0.3) is 5.69 Å². The Bertz CT molecular complexity index is 505. The number of hydrogen-bond acceptors (Lipinski definition) is 2. The molecular weight excluding hydrogens is 217 g/mol.